The Balaban J connectivity index is 1.50. The molecule has 7 heteroatoms. The molecule has 3 aromatic carbocycles. The minimum atomic E-state index is -0.443. The maximum Gasteiger partial charge on any atom is 0.340 e. The number of esters is 1. The van der Waals surface area contributed by atoms with E-state index in [9.17, 15) is 4.79 Å². The second kappa shape index (κ2) is 11.1. The van der Waals surface area contributed by atoms with Gasteiger partial charge >= 0.3 is 5.97 Å². The van der Waals surface area contributed by atoms with Crippen molar-refractivity contribution >= 4 is 39.8 Å². The minimum absolute atomic E-state index is 0.385. The van der Waals surface area contributed by atoms with E-state index in [2.05, 4.69) is 46.4 Å². The number of aromatic nitrogens is 1. The molecule has 0 unspecified atom stereocenters. The Bertz CT molecular complexity index is 1280. The van der Waals surface area contributed by atoms with Crippen LogP contribution in [0.4, 0.5) is 11.4 Å². The van der Waals surface area contributed by atoms with Gasteiger partial charge < -0.3 is 24.1 Å². The number of anilines is 2. The molecule has 0 aliphatic carbocycles. The van der Waals surface area contributed by atoms with Crippen molar-refractivity contribution in [1.82, 2.24) is 4.57 Å². The minimum Gasteiger partial charge on any atom is -0.491 e. The fourth-order valence-corrected chi connectivity index (χ4v) is 3.94. The van der Waals surface area contributed by atoms with Gasteiger partial charge in [0.05, 0.1) is 25.0 Å². The fourth-order valence-electron chi connectivity index (χ4n) is 3.77. The van der Waals surface area contributed by atoms with Crippen LogP contribution in [0.3, 0.4) is 0 Å². The number of carbonyl (C=O) groups is 1. The van der Waals surface area contributed by atoms with E-state index in [-0.39, 0.29) is 0 Å². The van der Waals surface area contributed by atoms with Crippen molar-refractivity contribution in [2.45, 2.75) is 13.5 Å². The summed E-state index contributed by atoms with van der Waals surface area (Å²) in [6, 6.07) is 21.4. The molecule has 0 aliphatic heterocycles. The molecule has 1 N–H and O–H groups in total. The van der Waals surface area contributed by atoms with Crippen LogP contribution in [0.2, 0.25) is 5.02 Å². The number of halogens is 1. The lowest BCUT2D eigenvalue weighted by Gasteiger charge is -2.12. The summed E-state index contributed by atoms with van der Waals surface area (Å²) in [6.45, 7) is 4.50. The fraction of sp³-hybridized carbons (Fsp3) is 0.222. The van der Waals surface area contributed by atoms with Gasteiger partial charge in [-0.25, -0.2) is 4.79 Å². The summed E-state index contributed by atoms with van der Waals surface area (Å²) in [4.78, 5) is 12.1. The lowest BCUT2D eigenvalue weighted by atomic mass is 10.1. The lowest BCUT2D eigenvalue weighted by molar-refractivity contribution is 0.0602. The predicted molar refractivity (Wildman–Crippen MR) is 136 cm³/mol. The van der Waals surface area contributed by atoms with Crippen molar-refractivity contribution in [1.29, 1.82) is 0 Å². The number of nitrogens with zero attached hydrogens (tertiary/aromatic N) is 1. The summed E-state index contributed by atoms with van der Waals surface area (Å²) in [5.74, 6) is 0.394. The van der Waals surface area contributed by atoms with Crippen LogP contribution in [0.5, 0.6) is 5.75 Å². The van der Waals surface area contributed by atoms with E-state index < -0.39 is 5.97 Å². The van der Waals surface area contributed by atoms with Crippen LogP contribution in [-0.4, -0.2) is 37.5 Å². The first-order valence-corrected chi connectivity index (χ1v) is 11.5. The molecule has 0 fully saturated rings. The SMILES string of the molecule is CCOCCOc1cccc(Cn2ccc3cc(Nc4ccc(Cl)cc4C(=O)OC)ccc32)c1. The third-order valence-electron chi connectivity index (χ3n) is 5.39. The van der Waals surface area contributed by atoms with Gasteiger partial charge in [-0.15, -0.1) is 0 Å². The van der Waals surface area contributed by atoms with E-state index in [0.717, 1.165) is 34.4 Å². The largest absolute Gasteiger partial charge is 0.491 e. The molecule has 4 aromatic rings. The highest BCUT2D eigenvalue weighted by Gasteiger charge is 2.13. The lowest BCUT2D eigenvalue weighted by Crippen LogP contribution is -2.06. The second-order valence-corrected chi connectivity index (χ2v) is 8.15. The molecule has 0 saturated carbocycles. The molecule has 1 aromatic heterocycles. The first-order chi connectivity index (χ1) is 16.6. The third-order valence-corrected chi connectivity index (χ3v) is 5.62. The zero-order chi connectivity index (χ0) is 23.9. The Morgan fingerprint density at radius 1 is 1.03 bits per heavy atom. The number of fused-ring (bicyclic) bond motifs is 1. The quantitative estimate of drug-likeness (QED) is 0.214. The molecule has 0 radical (unpaired) electrons. The summed E-state index contributed by atoms with van der Waals surface area (Å²) in [5, 5.41) is 4.87. The molecule has 0 atom stereocenters. The van der Waals surface area contributed by atoms with E-state index in [4.69, 9.17) is 25.8 Å². The molecule has 0 aliphatic rings. The van der Waals surface area contributed by atoms with Crippen molar-refractivity contribution in [3.63, 3.8) is 0 Å². The van der Waals surface area contributed by atoms with E-state index in [0.29, 0.717) is 36.1 Å². The van der Waals surface area contributed by atoms with Crippen LogP contribution in [0.1, 0.15) is 22.8 Å². The van der Waals surface area contributed by atoms with E-state index in [1.54, 1.807) is 18.2 Å². The average Bonchev–Trinajstić information content (AvgIpc) is 3.24. The van der Waals surface area contributed by atoms with Gasteiger partial charge in [-0.05, 0) is 67.1 Å². The number of hydrogen-bond donors (Lipinski definition) is 1. The van der Waals surface area contributed by atoms with Gasteiger partial charge in [0.2, 0.25) is 0 Å². The molecule has 0 amide bonds. The first-order valence-electron chi connectivity index (χ1n) is 11.1. The van der Waals surface area contributed by atoms with Gasteiger partial charge in [-0.1, -0.05) is 23.7 Å². The van der Waals surface area contributed by atoms with Crippen molar-refractivity contribution in [2.24, 2.45) is 0 Å². The van der Waals surface area contributed by atoms with Crippen LogP contribution < -0.4 is 10.1 Å². The zero-order valence-electron chi connectivity index (χ0n) is 19.2. The molecule has 0 bridgehead atoms. The van der Waals surface area contributed by atoms with Crippen LogP contribution in [-0.2, 0) is 16.0 Å². The molecular weight excluding hydrogens is 452 g/mol. The Kier molecular flexibility index (Phi) is 7.72. The van der Waals surface area contributed by atoms with Gasteiger partial charge in [0.1, 0.15) is 12.4 Å². The highest BCUT2D eigenvalue weighted by atomic mass is 35.5. The van der Waals surface area contributed by atoms with Gasteiger partial charge in [-0.3, -0.25) is 0 Å². The summed E-state index contributed by atoms with van der Waals surface area (Å²) >= 11 is 6.06. The highest BCUT2D eigenvalue weighted by Crippen LogP contribution is 2.28. The normalized spacial score (nSPS) is 10.9. The highest BCUT2D eigenvalue weighted by molar-refractivity contribution is 6.31. The van der Waals surface area contributed by atoms with Gasteiger partial charge in [0, 0.05) is 41.0 Å². The van der Waals surface area contributed by atoms with Gasteiger partial charge in [0.15, 0.2) is 0 Å². The van der Waals surface area contributed by atoms with Crippen molar-refractivity contribution in [3.8, 4) is 5.75 Å². The smallest absolute Gasteiger partial charge is 0.340 e. The summed E-state index contributed by atoms with van der Waals surface area (Å²) in [6.07, 6.45) is 2.07. The molecule has 1 heterocycles. The third kappa shape index (κ3) is 5.71. The van der Waals surface area contributed by atoms with Crippen LogP contribution >= 0.6 is 11.6 Å². The number of benzene rings is 3. The maximum atomic E-state index is 12.1. The maximum absolute atomic E-state index is 12.1. The predicted octanol–water partition coefficient (Wildman–Crippen LogP) is 6.29. The topological polar surface area (TPSA) is 61.7 Å². The van der Waals surface area contributed by atoms with Crippen LogP contribution in [0.15, 0.2) is 72.9 Å². The Morgan fingerprint density at radius 2 is 1.91 bits per heavy atom. The molecule has 34 heavy (non-hydrogen) atoms. The number of hydrogen-bond acceptors (Lipinski definition) is 5. The van der Waals surface area contributed by atoms with Crippen LogP contribution in [0.25, 0.3) is 10.9 Å². The molecular formula is C27H27ClN2O4. The summed E-state index contributed by atoms with van der Waals surface area (Å²) in [7, 11) is 1.35. The van der Waals surface area contributed by atoms with Crippen molar-refractivity contribution < 1.29 is 19.0 Å². The standard InChI is InChI=1S/C27H27ClN2O4/c1-3-33-13-14-34-23-6-4-5-19(15-23)18-30-12-11-20-16-22(8-10-26(20)30)29-25-9-7-21(28)17-24(25)27(31)32-2/h4-12,15-17,29H,3,13-14,18H2,1-2H3. The van der Waals surface area contributed by atoms with E-state index in [1.807, 2.05) is 25.1 Å². The van der Waals surface area contributed by atoms with Gasteiger partial charge in [-0.2, -0.15) is 0 Å². The molecule has 0 saturated heterocycles. The van der Waals surface area contributed by atoms with Crippen molar-refractivity contribution in [3.05, 3.63) is 89.1 Å². The summed E-state index contributed by atoms with van der Waals surface area (Å²) < 4.78 is 18.2. The number of rotatable bonds is 10. The average molecular weight is 479 g/mol. The van der Waals surface area contributed by atoms with Gasteiger partial charge in [0.25, 0.3) is 0 Å². The van der Waals surface area contributed by atoms with E-state index in [1.165, 1.54) is 7.11 Å². The molecule has 0 spiro atoms. The van der Waals surface area contributed by atoms with Crippen LogP contribution in [0, 0.1) is 0 Å². The Morgan fingerprint density at radius 3 is 2.74 bits per heavy atom. The Labute approximate surface area is 204 Å². The van der Waals surface area contributed by atoms with Crippen molar-refractivity contribution in [2.75, 3.05) is 32.2 Å². The Hall–Kier alpha value is -3.48. The second-order valence-electron chi connectivity index (χ2n) is 7.72. The van der Waals surface area contributed by atoms with E-state index >= 15 is 0 Å². The summed E-state index contributed by atoms with van der Waals surface area (Å²) in [5.41, 5.74) is 4.14. The molecule has 4 rings (SSSR count). The number of nitrogens with one attached hydrogen (secondary N) is 1. The first kappa shape index (κ1) is 23.7. The number of methoxy groups -OCH3 is 1. The number of carbonyl (C=O) groups excluding carboxylic acids is 1. The molecule has 6 nitrogen and oxygen atoms in total. The molecule has 176 valence electrons. The monoisotopic (exact) mass is 478 g/mol. The zero-order valence-corrected chi connectivity index (χ0v) is 20.0. The number of ether oxygens (including phenoxy) is 3.